The SMILES string of the molecule is CC(C)[C@@H](NC(=O)Nc1ccccc1)C(=O)OCCOc1ccccc1F. The number of urea groups is 1. The molecule has 0 saturated carbocycles. The molecule has 2 amide bonds. The van der Waals surface area contributed by atoms with Crippen LogP contribution in [0.4, 0.5) is 14.9 Å². The van der Waals surface area contributed by atoms with E-state index >= 15 is 0 Å². The van der Waals surface area contributed by atoms with Gasteiger partial charge >= 0.3 is 12.0 Å². The van der Waals surface area contributed by atoms with E-state index in [1.807, 2.05) is 6.07 Å². The van der Waals surface area contributed by atoms with Gasteiger partial charge in [0.15, 0.2) is 11.6 Å². The number of esters is 1. The number of rotatable bonds is 8. The molecule has 7 heteroatoms. The van der Waals surface area contributed by atoms with E-state index in [4.69, 9.17) is 9.47 Å². The molecule has 144 valence electrons. The number of para-hydroxylation sites is 2. The van der Waals surface area contributed by atoms with Crippen molar-refractivity contribution >= 4 is 17.7 Å². The van der Waals surface area contributed by atoms with Gasteiger partial charge in [-0.1, -0.05) is 44.2 Å². The maximum absolute atomic E-state index is 13.4. The summed E-state index contributed by atoms with van der Waals surface area (Å²) in [6, 6.07) is 13.6. The molecule has 2 N–H and O–H groups in total. The number of hydrogen-bond acceptors (Lipinski definition) is 4. The van der Waals surface area contributed by atoms with Crippen LogP contribution in [0.15, 0.2) is 54.6 Å². The van der Waals surface area contributed by atoms with Crippen molar-refractivity contribution in [1.29, 1.82) is 0 Å². The Bertz CT molecular complexity index is 753. The summed E-state index contributed by atoms with van der Waals surface area (Å²) in [5, 5.41) is 5.26. The normalized spacial score (nSPS) is 11.6. The van der Waals surface area contributed by atoms with Crippen LogP contribution in [-0.4, -0.2) is 31.3 Å². The van der Waals surface area contributed by atoms with Crippen molar-refractivity contribution in [3.63, 3.8) is 0 Å². The standard InChI is InChI=1S/C20H23FN2O4/c1-14(2)18(23-20(25)22-15-8-4-3-5-9-15)19(24)27-13-12-26-17-11-7-6-10-16(17)21/h3-11,14,18H,12-13H2,1-2H3,(H2,22,23,25)/t18-/m1/s1. The molecule has 2 aromatic carbocycles. The van der Waals surface area contributed by atoms with Gasteiger partial charge in [-0.25, -0.2) is 14.0 Å². The second kappa shape index (κ2) is 10.2. The Labute approximate surface area is 157 Å². The zero-order valence-corrected chi connectivity index (χ0v) is 15.3. The lowest BCUT2D eigenvalue weighted by Crippen LogP contribution is -2.47. The molecule has 0 aromatic heterocycles. The largest absolute Gasteiger partial charge is 0.487 e. The fraction of sp³-hybridized carbons (Fsp3) is 0.300. The highest BCUT2D eigenvalue weighted by Gasteiger charge is 2.25. The molecule has 0 aliphatic heterocycles. The number of benzene rings is 2. The quantitative estimate of drug-likeness (QED) is 0.547. The van der Waals surface area contributed by atoms with Crippen LogP contribution in [0.2, 0.25) is 0 Å². The van der Waals surface area contributed by atoms with Crippen LogP contribution in [-0.2, 0) is 9.53 Å². The van der Waals surface area contributed by atoms with E-state index < -0.39 is 23.9 Å². The van der Waals surface area contributed by atoms with Gasteiger partial charge in [0.1, 0.15) is 19.3 Å². The molecule has 0 aliphatic carbocycles. The molecule has 0 radical (unpaired) electrons. The third-order valence-corrected chi connectivity index (χ3v) is 3.66. The van der Waals surface area contributed by atoms with Gasteiger partial charge in [-0.05, 0) is 30.2 Å². The Hall–Kier alpha value is -3.09. The van der Waals surface area contributed by atoms with Crippen LogP contribution >= 0.6 is 0 Å². The number of ether oxygens (including phenoxy) is 2. The highest BCUT2D eigenvalue weighted by Crippen LogP contribution is 2.15. The summed E-state index contributed by atoms with van der Waals surface area (Å²) >= 11 is 0. The molecule has 0 heterocycles. The Morgan fingerprint density at radius 3 is 2.33 bits per heavy atom. The van der Waals surface area contributed by atoms with Crippen LogP contribution in [0.25, 0.3) is 0 Å². The molecule has 0 unspecified atom stereocenters. The smallest absolute Gasteiger partial charge is 0.329 e. The highest BCUT2D eigenvalue weighted by molar-refractivity contribution is 5.92. The maximum Gasteiger partial charge on any atom is 0.329 e. The Morgan fingerprint density at radius 1 is 1.00 bits per heavy atom. The summed E-state index contributed by atoms with van der Waals surface area (Å²) < 4.78 is 23.8. The van der Waals surface area contributed by atoms with Gasteiger partial charge in [-0.2, -0.15) is 0 Å². The van der Waals surface area contributed by atoms with Crippen molar-refractivity contribution < 1.29 is 23.5 Å². The predicted octanol–water partition coefficient (Wildman–Crippen LogP) is 3.59. The second-order valence-corrected chi connectivity index (χ2v) is 6.13. The van der Waals surface area contributed by atoms with Gasteiger partial charge in [-0.15, -0.1) is 0 Å². The molecule has 0 spiro atoms. The number of halogens is 1. The monoisotopic (exact) mass is 374 g/mol. The van der Waals surface area contributed by atoms with Gasteiger partial charge in [0, 0.05) is 5.69 Å². The molecular formula is C20H23FN2O4. The summed E-state index contributed by atoms with van der Waals surface area (Å²) in [7, 11) is 0. The maximum atomic E-state index is 13.4. The fourth-order valence-corrected chi connectivity index (χ4v) is 2.27. The second-order valence-electron chi connectivity index (χ2n) is 6.13. The first-order valence-electron chi connectivity index (χ1n) is 8.64. The zero-order valence-electron chi connectivity index (χ0n) is 15.3. The van der Waals surface area contributed by atoms with E-state index in [0.29, 0.717) is 5.69 Å². The van der Waals surface area contributed by atoms with E-state index in [1.54, 1.807) is 50.2 Å². The van der Waals surface area contributed by atoms with Gasteiger partial charge in [0.05, 0.1) is 0 Å². The van der Waals surface area contributed by atoms with Crippen molar-refractivity contribution in [2.75, 3.05) is 18.5 Å². The van der Waals surface area contributed by atoms with E-state index in [-0.39, 0.29) is 24.9 Å². The minimum atomic E-state index is -0.817. The number of nitrogens with one attached hydrogen (secondary N) is 2. The number of hydrogen-bond donors (Lipinski definition) is 2. The number of anilines is 1. The van der Waals surface area contributed by atoms with Gasteiger partial charge in [0.25, 0.3) is 0 Å². The molecule has 0 aliphatic rings. The first kappa shape index (κ1) is 20.2. The zero-order chi connectivity index (χ0) is 19.6. The van der Waals surface area contributed by atoms with Crippen LogP contribution in [0.5, 0.6) is 5.75 Å². The lowest BCUT2D eigenvalue weighted by Gasteiger charge is -2.21. The van der Waals surface area contributed by atoms with E-state index in [0.717, 1.165) is 0 Å². The number of carbonyl (C=O) groups excluding carboxylic acids is 2. The average Bonchev–Trinajstić information content (AvgIpc) is 2.65. The highest BCUT2D eigenvalue weighted by atomic mass is 19.1. The molecule has 2 aromatic rings. The third-order valence-electron chi connectivity index (χ3n) is 3.66. The van der Waals surface area contributed by atoms with Crippen molar-refractivity contribution in [3.05, 3.63) is 60.4 Å². The van der Waals surface area contributed by atoms with Crippen molar-refractivity contribution in [2.24, 2.45) is 5.92 Å². The minimum Gasteiger partial charge on any atom is -0.487 e. The lowest BCUT2D eigenvalue weighted by molar-refractivity contribution is -0.147. The van der Waals surface area contributed by atoms with Crippen LogP contribution in [0.1, 0.15) is 13.8 Å². The number of carbonyl (C=O) groups is 2. The average molecular weight is 374 g/mol. The fourth-order valence-electron chi connectivity index (χ4n) is 2.27. The number of amides is 2. The first-order valence-corrected chi connectivity index (χ1v) is 8.64. The Morgan fingerprint density at radius 2 is 1.67 bits per heavy atom. The Balaban J connectivity index is 1.80. The van der Waals surface area contributed by atoms with Crippen molar-refractivity contribution in [2.45, 2.75) is 19.9 Å². The van der Waals surface area contributed by atoms with E-state index in [2.05, 4.69) is 10.6 Å². The summed E-state index contributed by atoms with van der Waals surface area (Å²) in [4.78, 5) is 24.3. The van der Waals surface area contributed by atoms with Crippen molar-refractivity contribution in [1.82, 2.24) is 5.32 Å². The summed E-state index contributed by atoms with van der Waals surface area (Å²) in [6.45, 7) is 3.54. The van der Waals surface area contributed by atoms with Crippen LogP contribution < -0.4 is 15.4 Å². The van der Waals surface area contributed by atoms with Crippen molar-refractivity contribution in [3.8, 4) is 5.75 Å². The third kappa shape index (κ3) is 6.62. The molecule has 0 bridgehead atoms. The van der Waals surface area contributed by atoms with Gasteiger partial charge in [-0.3, -0.25) is 0 Å². The van der Waals surface area contributed by atoms with Crippen LogP contribution in [0, 0.1) is 11.7 Å². The topological polar surface area (TPSA) is 76.7 Å². The molecule has 27 heavy (non-hydrogen) atoms. The van der Waals surface area contributed by atoms with E-state index in [9.17, 15) is 14.0 Å². The Kier molecular flexibility index (Phi) is 7.61. The summed E-state index contributed by atoms with van der Waals surface area (Å²) in [6.07, 6.45) is 0. The summed E-state index contributed by atoms with van der Waals surface area (Å²) in [5.74, 6) is -1.14. The molecule has 2 rings (SSSR count). The molecule has 1 atom stereocenters. The molecule has 0 saturated heterocycles. The molecular weight excluding hydrogens is 351 g/mol. The molecule has 0 fully saturated rings. The minimum absolute atomic E-state index is 0.00764. The van der Waals surface area contributed by atoms with Gasteiger partial charge < -0.3 is 20.1 Å². The molecule has 6 nitrogen and oxygen atoms in total. The summed E-state index contributed by atoms with van der Waals surface area (Å²) in [5.41, 5.74) is 0.615. The predicted molar refractivity (Wildman–Crippen MR) is 100 cm³/mol. The van der Waals surface area contributed by atoms with Crippen LogP contribution in [0.3, 0.4) is 0 Å². The lowest BCUT2D eigenvalue weighted by atomic mass is 10.1. The first-order chi connectivity index (χ1) is 13.0. The van der Waals surface area contributed by atoms with E-state index in [1.165, 1.54) is 12.1 Å². The van der Waals surface area contributed by atoms with Gasteiger partial charge in [0.2, 0.25) is 0 Å².